The molecule has 0 amide bonds. The Hall–Kier alpha value is -1.90. The highest BCUT2D eigenvalue weighted by molar-refractivity contribution is 5.93. The Kier molecular flexibility index (Phi) is 1.93. The Labute approximate surface area is 92.7 Å². The lowest BCUT2D eigenvalue weighted by Crippen LogP contribution is -2.03. The lowest BCUT2D eigenvalue weighted by Gasteiger charge is -2.05. The lowest BCUT2D eigenvalue weighted by atomic mass is 10.1. The van der Waals surface area contributed by atoms with Gasteiger partial charge in [0.1, 0.15) is 5.69 Å². The van der Waals surface area contributed by atoms with Crippen LogP contribution in [0.5, 0.6) is 0 Å². The van der Waals surface area contributed by atoms with E-state index >= 15 is 0 Å². The quantitative estimate of drug-likeness (QED) is 0.834. The molecule has 0 radical (unpaired) electrons. The molecule has 0 atom stereocenters. The zero-order chi connectivity index (χ0) is 11.1. The average Bonchev–Trinajstić information content (AvgIpc) is 3.11. The van der Waals surface area contributed by atoms with Crippen LogP contribution >= 0.6 is 0 Å². The van der Waals surface area contributed by atoms with Crippen molar-refractivity contribution in [1.82, 2.24) is 4.98 Å². The number of carbonyl (C=O) groups is 1. The molecule has 0 spiro atoms. The number of carboxylic acids is 1. The van der Waals surface area contributed by atoms with Crippen LogP contribution in [0.3, 0.4) is 0 Å². The summed E-state index contributed by atoms with van der Waals surface area (Å²) in [4.78, 5) is 15.2. The molecule has 0 unspecified atom stereocenters. The molecule has 80 valence electrons. The Bertz CT molecular complexity index is 573. The van der Waals surface area contributed by atoms with Crippen molar-refractivity contribution < 1.29 is 9.90 Å². The van der Waals surface area contributed by atoms with Crippen molar-refractivity contribution in [1.29, 1.82) is 0 Å². The van der Waals surface area contributed by atoms with E-state index in [4.69, 9.17) is 5.11 Å². The van der Waals surface area contributed by atoms with Crippen LogP contribution in [0.15, 0.2) is 30.3 Å². The maximum absolute atomic E-state index is 11.0. The van der Waals surface area contributed by atoms with E-state index in [1.807, 2.05) is 24.3 Å². The Balaban J connectivity index is 2.30. The van der Waals surface area contributed by atoms with Crippen LogP contribution in [0.25, 0.3) is 10.8 Å². The minimum atomic E-state index is -0.951. The molecule has 1 aromatic heterocycles. The molecular weight excluding hydrogens is 202 g/mol. The molecule has 1 aliphatic rings. The second-order valence-corrected chi connectivity index (χ2v) is 4.19. The van der Waals surface area contributed by atoms with Gasteiger partial charge in [0.2, 0.25) is 0 Å². The molecular formula is C13H11NO2. The highest BCUT2D eigenvalue weighted by Gasteiger charge is 2.27. The number of aromatic carboxylic acids is 1. The van der Waals surface area contributed by atoms with Crippen LogP contribution in [0.4, 0.5) is 0 Å². The first kappa shape index (κ1) is 9.33. The molecule has 3 rings (SSSR count). The molecule has 0 saturated heterocycles. The Morgan fingerprint density at radius 3 is 2.75 bits per heavy atom. The first-order chi connectivity index (χ1) is 7.75. The van der Waals surface area contributed by atoms with Gasteiger partial charge in [-0.3, -0.25) is 0 Å². The van der Waals surface area contributed by atoms with Crippen molar-refractivity contribution >= 4 is 16.7 Å². The normalized spacial score (nSPS) is 15.2. The van der Waals surface area contributed by atoms with Gasteiger partial charge >= 0.3 is 5.97 Å². The predicted molar refractivity (Wildman–Crippen MR) is 60.7 cm³/mol. The van der Waals surface area contributed by atoms with Gasteiger partial charge in [-0.2, -0.15) is 0 Å². The third-order valence-corrected chi connectivity index (χ3v) is 2.95. The largest absolute Gasteiger partial charge is 0.477 e. The fourth-order valence-electron chi connectivity index (χ4n) is 2.00. The van der Waals surface area contributed by atoms with Crippen LogP contribution in [0.1, 0.15) is 34.9 Å². The van der Waals surface area contributed by atoms with Crippen molar-refractivity contribution in [3.05, 3.63) is 41.7 Å². The van der Waals surface area contributed by atoms with Gasteiger partial charge in [0.15, 0.2) is 0 Å². The minimum Gasteiger partial charge on any atom is -0.477 e. The SMILES string of the molecule is O=C(O)c1cc2ccccc2c(C2CC2)n1. The molecule has 2 aromatic rings. The summed E-state index contributed by atoms with van der Waals surface area (Å²) in [5.41, 5.74) is 1.11. The van der Waals surface area contributed by atoms with E-state index in [1.165, 1.54) is 0 Å². The van der Waals surface area contributed by atoms with Crippen LogP contribution in [-0.2, 0) is 0 Å². The summed E-state index contributed by atoms with van der Waals surface area (Å²) in [6, 6.07) is 9.49. The molecule has 16 heavy (non-hydrogen) atoms. The van der Waals surface area contributed by atoms with Crippen molar-refractivity contribution in [2.24, 2.45) is 0 Å². The molecule has 1 heterocycles. The maximum atomic E-state index is 11.0. The first-order valence-corrected chi connectivity index (χ1v) is 5.38. The fourth-order valence-corrected chi connectivity index (χ4v) is 2.00. The van der Waals surface area contributed by atoms with E-state index in [-0.39, 0.29) is 5.69 Å². The molecule has 3 heteroatoms. The smallest absolute Gasteiger partial charge is 0.354 e. The van der Waals surface area contributed by atoms with E-state index in [0.29, 0.717) is 5.92 Å². The Morgan fingerprint density at radius 2 is 2.06 bits per heavy atom. The monoisotopic (exact) mass is 213 g/mol. The second-order valence-electron chi connectivity index (χ2n) is 4.19. The fraction of sp³-hybridized carbons (Fsp3) is 0.231. The third-order valence-electron chi connectivity index (χ3n) is 2.95. The van der Waals surface area contributed by atoms with E-state index in [0.717, 1.165) is 29.3 Å². The van der Waals surface area contributed by atoms with Crippen LogP contribution in [-0.4, -0.2) is 16.1 Å². The number of nitrogens with zero attached hydrogens (tertiary/aromatic N) is 1. The molecule has 1 aliphatic carbocycles. The minimum absolute atomic E-state index is 0.153. The van der Waals surface area contributed by atoms with Crippen molar-refractivity contribution in [3.63, 3.8) is 0 Å². The molecule has 3 nitrogen and oxygen atoms in total. The standard InChI is InChI=1S/C13H11NO2/c15-13(16)11-7-9-3-1-2-4-10(9)12(14-11)8-5-6-8/h1-4,7-8H,5-6H2,(H,15,16). The average molecular weight is 213 g/mol. The topological polar surface area (TPSA) is 50.2 Å². The Morgan fingerprint density at radius 1 is 1.31 bits per heavy atom. The number of carboxylic acid groups (broad SMARTS) is 1. The van der Waals surface area contributed by atoms with Crippen LogP contribution < -0.4 is 0 Å². The molecule has 1 fully saturated rings. The predicted octanol–water partition coefficient (Wildman–Crippen LogP) is 2.81. The first-order valence-electron chi connectivity index (χ1n) is 5.38. The number of aromatic nitrogens is 1. The van der Waals surface area contributed by atoms with Gasteiger partial charge in [0.25, 0.3) is 0 Å². The van der Waals surface area contributed by atoms with E-state index < -0.39 is 5.97 Å². The number of fused-ring (bicyclic) bond motifs is 1. The number of benzene rings is 1. The van der Waals surface area contributed by atoms with Crippen molar-refractivity contribution in [2.45, 2.75) is 18.8 Å². The maximum Gasteiger partial charge on any atom is 0.354 e. The second kappa shape index (κ2) is 3.30. The van der Waals surface area contributed by atoms with Gasteiger partial charge in [-0.1, -0.05) is 24.3 Å². The summed E-state index contributed by atoms with van der Waals surface area (Å²) in [6.45, 7) is 0. The lowest BCUT2D eigenvalue weighted by molar-refractivity contribution is 0.0690. The van der Waals surface area contributed by atoms with Gasteiger partial charge in [-0.25, -0.2) is 9.78 Å². The molecule has 0 aliphatic heterocycles. The summed E-state index contributed by atoms with van der Waals surface area (Å²) in [7, 11) is 0. The number of hydrogen-bond acceptors (Lipinski definition) is 2. The van der Waals surface area contributed by atoms with Gasteiger partial charge < -0.3 is 5.11 Å². The highest BCUT2D eigenvalue weighted by Crippen LogP contribution is 2.42. The summed E-state index contributed by atoms with van der Waals surface area (Å²) in [5, 5.41) is 11.1. The highest BCUT2D eigenvalue weighted by atomic mass is 16.4. The molecule has 1 aromatic carbocycles. The van der Waals surface area contributed by atoms with Crippen molar-refractivity contribution in [3.8, 4) is 0 Å². The van der Waals surface area contributed by atoms with Gasteiger partial charge in [-0.05, 0) is 24.3 Å². The number of hydrogen-bond donors (Lipinski definition) is 1. The summed E-state index contributed by atoms with van der Waals surface area (Å²) in [6.07, 6.45) is 2.25. The molecule has 0 bridgehead atoms. The van der Waals surface area contributed by atoms with Crippen LogP contribution in [0, 0.1) is 0 Å². The zero-order valence-corrected chi connectivity index (χ0v) is 8.68. The number of rotatable bonds is 2. The summed E-state index contributed by atoms with van der Waals surface area (Å²) < 4.78 is 0. The van der Waals surface area contributed by atoms with E-state index in [2.05, 4.69) is 4.98 Å². The van der Waals surface area contributed by atoms with Gasteiger partial charge in [0.05, 0.1) is 5.69 Å². The van der Waals surface area contributed by atoms with Gasteiger partial charge in [0, 0.05) is 11.3 Å². The van der Waals surface area contributed by atoms with Crippen molar-refractivity contribution in [2.75, 3.05) is 0 Å². The molecule has 1 saturated carbocycles. The van der Waals surface area contributed by atoms with E-state index in [9.17, 15) is 4.79 Å². The number of pyridine rings is 1. The summed E-state index contributed by atoms with van der Waals surface area (Å²) >= 11 is 0. The van der Waals surface area contributed by atoms with Crippen LogP contribution in [0.2, 0.25) is 0 Å². The third kappa shape index (κ3) is 1.45. The van der Waals surface area contributed by atoms with E-state index in [1.54, 1.807) is 6.07 Å². The zero-order valence-electron chi connectivity index (χ0n) is 8.68. The molecule has 1 N–H and O–H groups in total. The summed E-state index contributed by atoms with van der Waals surface area (Å²) in [5.74, 6) is -0.489. The van der Waals surface area contributed by atoms with Gasteiger partial charge in [-0.15, -0.1) is 0 Å².